The average Bonchev–Trinajstić information content (AvgIpc) is 3.34. The second-order valence-corrected chi connectivity index (χ2v) is 12.2. The predicted octanol–water partition coefficient (Wildman–Crippen LogP) is 5.53. The molecule has 0 radical (unpaired) electrons. The normalized spacial score (nSPS) is 16.6. The molecule has 1 aliphatic heterocycles. The molecule has 0 aromatic heterocycles. The standard InChI is InChI=1S/C28H31N3O4S2/c1-28(2,3)27(32)30-24(17-19-9-15-23(16-10-19)31-37(33,34)35)26-29-25(18-36-26)22-13-11-21(12-14-22)20-7-5-4-6-8-20/h4-16,24-25,31H,17-18H2,1-3H3,(H,30,32)(H,33,34,35)/t24-,25?/m0/s1. The molecule has 7 nitrogen and oxygen atoms in total. The van der Waals surface area contributed by atoms with Gasteiger partial charge in [0.05, 0.1) is 22.8 Å². The molecule has 2 atom stereocenters. The van der Waals surface area contributed by atoms with E-state index in [1.165, 1.54) is 5.56 Å². The number of benzene rings is 3. The molecule has 1 heterocycles. The van der Waals surface area contributed by atoms with Crippen molar-refractivity contribution in [3.63, 3.8) is 0 Å². The van der Waals surface area contributed by atoms with E-state index in [0.717, 1.165) is 27.5 Å². The van der Waals surface area contributed by atoms with Gasteiger partial charge < -0.3 is 5.32 Å². The minimum atomic E-state index is -4.34. The summed E-state index contributed by atoms with van der Waals surface area (Å²) < 4.78 is 33.2. The summed E-state index contributed by atoms with van der Waals surface area (Å²) in [6, 6.07) is 25.1. The smallest absolute Gasteiger partial charge is 0.346 e. The van der Waals surface area contributed by atoms with E-state index in [2.05, 4.69) is 41.7 Å². The number of carbonyl (C=O) groups is 1. The molecule has 0 fully saturated rings. The summed E-state index contributed by atoms with van der Waals surface area (Å²) in [5.74, 6) is 0.722. The highest BCUT2D eigenvalue weighted by atomic mass is 32.2. The van der Waals surface area contributed by atoms with Crippen LogP contribution in [0, 0.1) is 5.41 Å². The van der Waals surface area contributed by atoms with Crippen molar-refractivity contribution in [1.82, 2.24) is 5.32 Å². The molecule has 0 spiro atoms. The number of aliphatic imine (C=N–C) groups is 1. The zero-order chi connectivity index (χ0) is 26.6. The Morgan fingerprint density at radius 1 is 1.00 bits per heavy atom. The van der Waals surface area contributed by atoms with E-state index in [9.17, 15) is 13.2 Å². The molecule has 3 aromatic carbocycles. The van der Waals surface area contributed by atoms with Crippen LogP contribution < -0.4 is 10.0 Å². The Labute approximate surface area is 222 Å². The van der Waals surface area contributed by atoms with E-state index in [0.29, 0.717) is 6.42 Å². The fourth-order valence-electron chi connectivity index (χ4n) is 3.95. The van der Waals surface area contributed by atoms with E-state index in [1.54, 1.807) is 36.0 Å². The van der Waals surface area contributed by atoms with Crippen molar-refractivity contribution < 1.29 is 17.8 Å². The van der Waals surface area contributed by atoms with Crippen LogP contribution in [0.4, 0.5) is 5.69 Å². The van der Waals surface area contributed by atoms with Gasteiger partial charge in [0.15, 0.2) is 0 Å². The van der Waals surface area contributed by atoms with Crippen molar-refractivity contribution in [3.05, 3.63) is 90.0 Å². The molecule has 0 saturated carbocycles. The van der Waals surface area contributed by atoms with Crippen LogP contribution in [-0.4, -0.2) is 35.7 Å². The molecule has 3 aromatic rings. The fourth-order valence-corrected chi connectivity index (χ4v) is 5.53. The van der Waals surface area contributed by atoms with Gasteiger partial charge >= 0.3 is 10.3 Å². The lowest BCUT2D eigenvalue weighted by molar-refractivity contribution is -0.128. The summed E-state index contributed by atoms with van der Waals surface area (Å²) in [6.07, 6.45) is 0.499. The summed E-state index contributed by atoms with van der Waals surface area (Å²) in [6.45, 7) is 5.61. The number of nitrogens with zero attached hydrogens (tertiary/aromatic N) is 1. The van der Waals surface area contributed by atoms with Crippen molar-refractivity contribution in [2.45, 2.75) is 39.3 Å². The van der Waals surface area contributed by atoms with E-state index < -0.39 is 15.7 Å². The Hall–Kier alpha value is -3.14. The second-order valence-electron chi connectivity index (χ2n) is 10.0. The van der Waals surface area contributed by atoms with E-state index >= 15 is 0 Å². The van der Waals surface area contributed by atoms with Crippen LogP contribution in [0.1, 0.15) is 37.9 Å². The number of anilines is 1. The van der Waals surface area contributed by atoms with Crippen LogP contribution in [0.2, 0.25) is 0 Å². The fraction of sp³-hybridized carbons (Fsp3) is 0.286. The summed E-state index contributed by atoms with van der Waals surface area (Å²) in [5.41, 5.74) is 4.05. The zero-order valence-corrected chi connectivity index (χ0v) is 22.6. The lowest BCUT2D eigenvalue weighted by atomic mass is 9.94. The number of hydrogen-bond acceptors (Lipinski definition) is 5. The Balaban J connectivity index is 1.53. The summed E-state index contributed by atoms with van der Waals surface area (Å²) in [7, 11) is -4.34. The van der Waals surface area contributed by atoms with E-state index in [1.807, 2.05) is 43.7 Å². The van der Waals surface area contributed by atoms with Crippen molar-refractivity contribution in [1.29, 1.82) is 0 Å². The molecular formula is C28H31N3O4S2. The Bertz CT molecular complexity index is 1370. The SMILES string of the molecule is CC(C)(C)C(=O)N[C@@H](Cc1ccc(NS(=O)(=O)O)cc1)C1=NC(c2ccc(-c3ccccc3)cc2)CS1. The van der Waals surface area contributed by atoms with Crippen LogP contribution in [0.3, 0.4) is 0 Å². The molecule has 1 unspecified atom stereocenters. The Morgan fingerprint density at radius 2 is 1.62 bits per heavy atom. The van der Waals surface area contributed by atoms with Crippen molar-refractivity contribution in [3.8, 4) is 11.1 Å². The number of carbonyl (C=O) groups excluding carboxylic acids is 1. The van der Waals surface area contributed by atoms with Crippen LogP contribution >= 0.6 is 11.8 Å². The summed E-state index contributed by atoms with van der Waals surface area (Å²) in [5, 5.41) is 4.03. The maximum absolute atomic E-state index is 12.9. The van der Waals surface area contributed by atoms with Crippen molar-refractivity contribution >= 4 is 38.7 Å². The first-order valence-electron chi connectivity index (χ1n) is 12.0. The topological polar surface area (TPSA) is 108 Å². The molecule has 194 valence electrons. The average molecular weight is 538 g/mol. The van der Waals surface area contributed by atoms with Gasteiger partial charge in [0.25, 0.3) is 0 Å². The number of amides is 1. The number of hydrogen-bond donors (Lipinski definition) is 3. The largest absolute Gasteiger partial charge is 0.357 e. The van der Waals surface area contributed by atoms with Crippen LogP contribution in [0.5, 0.6) is 0 Å². The number of nitrogens with one attached hydrogen (secondary N) is 2. The maximum atomic E-state index is 12.9. The number of thioether (sulfide) groups is 1. The Morgan fingerprint density at radius 3 is 2.22 bits per heavy atom. The van der Waals surface area contributed by atoms with Gasteiger partial charge in [-0.25, -0.2) is 0 Å². The van der Waals surface area contributed by atoms with Crippen molar-refractivity contribution in [2.75, 3.05) is 10.5 Å². The molecule has 0 saturated heterocycles. The van der Waals surface area contributed by atoms with Crippen LogP contribution in [0.25, 0.3) is 11.1 Å². The Kier molecular flexibility index (Phi) is 8.06. The molecule has 9 heteroatoms. The zero-order valence-electron chi connectivity index (χ0n) is 21.0. The molecule has 1 amide bonds. The van der Waals surface area contributed by atoms with Gasteiger partial charge in [-0.1, -0.05) is 87.5 Å². The van der Waals surface area contributed by atoms with Gasteiger partial charge in [-0.3, -0.25) is 19.1 Å². The first-order valence-corrected chi connectivity index (χ1v) is 14.4. The van der Waals surface area contributed by atoms with Crippen LogP contribution in [0.15, 0.2) is 83.9 Å². The summed E-state index contributed by atoms with van der Waals surface area (Å²) >= 11 is 1.65. The lowest BCUT2D eigenvalue weighted by Crippen LogP contribution is -2.45. The molecule has 3 N–H and O–H groups in total. The molecule has 0 aliphatic carbocycles. The number of rotatable bonds is 8. The monoisotopic (exact) mass is 537 g/mol. The van der Waals surface area contributed by atoms with Gasteiger partial charge in [-0.2, -0.15) is 8.42 Å². The molecular weight excluding hydrogens is 506 g/mol. The van der Waals surface area contributed by atoms with E-state index in [4.69, 9.17) is 9.55 Å². The molecule has 0 bridgehead atoms. The van der Waals surface area contributed by atoms with Gasteiger partial charge in [-0.15, -0.1) is 11.8 Å². The lowest BCUT2D eigenvalue weighted by Gasteiger charge is -2.24. The first-order chi connectivity index (χ1) is 17.5. The highest BCUT2D eigenvalue weighted by Gasteiger charge is 2.30. The van der Waals surface area contributed by atoms with Crippen molar-refractivity contribution in [2.24, 2.45) is 10.4 Å². The molecule has 37 heavy (non-hydrogen) atoms. The van der Waals surface area contributed by atoms with E-state index in [-0.39, 0.29) is 23.7 Å². The molecule has 4 rings (SSSR count). The summed E-state index contributed by atoms with van der Waals surface area (Å²) in [4.78, 5) is 17.9. The molecule has 1 aliphatic rings. The quantitative estimate of drug-likeness (QED) is 0.328. The third-order valence-corrected chi connectivity index (χ3v) is 7.66. The third kappa shape index (κ3) is 7.44. The van der Waals surface area contributed by atoms with Gasteiger partial charge in [-0.05, 0) is 40.8 Å². The minimum absolute atomic E-state index is 0.000184. The highest BCUT2D eigenvalue weighted by molar-refractivity contribution is 8.14. The van der Waals surface area contributed by atoms with Gasteiger partial charge in [0.2, 0.25) is 5.91 Å². The second kappa shape index (κ2) is 11.1. The first kappa shape index (κ1) is 26.9. The van der Waals surface area contributed by atoms with Gasteiger partial charge in [0.1, 0.15) is 0 Å². The predicted molar refractivity (Wildman–Crippen MR) is 151 cm³/mol. The van der Waals surface area contributed by atoms with Crippen LogP contribution in [-0.2, 0) is 21.5 Å². The minimum Gasteiger partial charge on any atom is -0.346 e. The van der Waals surface area contributed by atoms with Gasteiger partial charge in [0, 0.05) is 11.2 Å². The maximum Gasteiger partial charge on any atom is 0.357 e. The third-order valence-electron chi connectivity index (χ3n) is 6.00. The highest BCUT2D eigenvalue weighted by Crippen LogP contribution is 2.33.